The highest BCUT2D eigenvalue weighted by atomic mass is 35.5. The topological polar surface area (TPSA) is 41.4 Å². The summed E-state index contributed by atoms with van der Waals surface area (Å²) >= 11 is 6.07. The average molecular weight is 501 g/mol. The Morgan fingerprint density at radius 3 is 2.33 bits per heavy atom. The predicted octanol–water partition coefficient (Wildman–Crippen LogP) is 5.80. The van der Waals surface area contributed by atoms with Crippen LogP contribution in [0.2, 0.25) is 5.02 Å². The largest absolute Gasteiger partial charge is 0.335 e. The van der Waals surface area contributed by atoms with Crippen LogP contribution in [0.4, 0.5) is 4.39 Å². The number of hydrogen-bond donors (Lipinski definition) is 0. The first-order chi connectivity index (χ1) is 17.6. The van der Waals surface area contributed by atoms with Crippen molar-refractivity contribution in [3.8, 4) is 16.9 Å². The van der Waals surface area contributed by atoms with Gasteiger partial charge in [0.25, 0.3) is 5.91 Å². The summed E-state index contributed by atoms with van der Waals surface area (Å²) in [4.78, 5) is 17.8. The van der Waals surface area contributed by atoms with Gasteiger partial charge in [0.15, 0.2) is 0 Å². The van der Waals surface area contributed by atoms with Crippen LogP contribution in [0.15, 0.2) is 91.0 Å². The Morgan fingerprint density at radius 1 is 0.917 bits per heavy atom. The molecule has 2 heterocycles. The van der Waals surface area contributed by atoms with Crippen molar-refractivity contribution in [3.05, 3.63) is 113 Å². The molecule has 5 nitrogen and oxygen atoms in total. The molecule has 0 aliphatic carbocycles. The molecule has 182 valence electrons. The Bertz CT molecular complexity index is 1360. The Labute approximate surface area is 215 Å². The molecule has 7 heteroatoms. The van der Waals surface area contributed by atoms with Gasteiger partial charge in [0.05, 0.1) is 11.4 Å². The van der Waals surface area contributed by atoms with Crippen molar-refractivity contribution in [1.82, 2.24) is 19.6 Å². The molecule has 4 aromatic rings. The number of carbonyl (C=O) groups excluding carboxylic acids is 1. The summed E-state index contributed by atoms with van der Waals surface area (Å²) in [5.74, 6) is -0.506. The predicted molar refractivity (Wildman–Crippen MR) is 142 cm³/mol. The minimum absolute atomic E-state index is 0.125. The normalized spacial score (nSPS) is 14.4. The first-order valence-electron chi connectivity index (χ1n) is 11.9. The van der Waals surface area contributed by atoms with Crippen molar-refractivity contribution >= 4 is 23.6 Å². The molecule has 0 atom stereocenters. The van der Waals surface area contributed by atoms with Crippen molar-refractivity contribution in [1.29, 1.82) is 0 Å². The van der Waals surface area contributed by atoms with E-state index in [4.69, 9.17) is 11.6 Å². The van der Waals surface area contributed by atoms with E-state index in [2.05, 4.69) is 34.3 Å². The molecular formula is C29H26ClFN4O. The maximum Gasteiger partial charge on any atom is 0.272 e. The summed E-state index contributed by atoms with van der Waals surface area (Å²) in [6.07, 6.45) is 4.27. The van der Waals surface area contributed by atoms with E-state index in [1.165, 1.54) is 11.6 Å². The molecule has 0 bridgehead atoms. The third-order valence-corrected chi connectivity index (χ3v) is 6.53. The smallest absolute Gasteiger partial charge is 0.272 e. The van der Waals surface area contributed by atoms with Crippen LogP contribution in [0.3, 0.4) is 0 Å². The Kier molecular flexibility index (Phi) is 7.26. The first kappa shape index (κ1) is 24.0. The van der Waals surface area contributed by atoms with Crippen LogP contribution in [0.1, 0.15) is 16.1 Å². The fourth-order valence-electron chi connectivity index (χ4n) is 4.31. The van der Waals surface area contributed by atoms with Gasteiger partial charge in [-0.15, -0.1) is 0 Å². The highest BCUT2D eigenvalue weighted by Gasteiger charge is 2.26. The molecule has 1 saturated heterocycles. The maximum atomic E-state index is 14.5. The highest BCUT2D eigenvalue weighted by molar-refractivity contribution is 6.30. The van der Waals surface area contributed by atoms with Crippen LogP contribution in [-0.2, 0) is 0 Å². The van der Waals surface area contributed by atoms with Crippen molar-refractivity contribution in [2.45, 2.75) is 0 Å². The molecule has 0 spiro atoms. The highest BCUT2D eigenvalue weighted by Crippen LogP contribution is 2.26. The van der Waals surface area contributed by atoms with E-state index in [0.717, 1.165) is 19.6 Å². The number of rotatable bonds is 6. The van der Waals surface area contributed by atoms with Gasteiger partial charge in [0.1, 0.15) is 11.5 Å². The van der Waals surface area contributed by atoms with Crippen molar-refractivity contribution in [2.75, 3.05) is 32.7 Å². The second kappa shape index (κ2) is 10.9. The lowest BCUT2D eigenvalue weighted by atomic mass is 10.1. The number of aromatic nitrogens is 2. The molecule has 1 amide bonds. The van der Waals surface area contributed by atoms with E-state index in [0.29, 0.717) is 40.8 Å². The minimum Gasteiger partial charge on any atom is -0.335 e. The van der Waals surface area contributed by atoms with Crippen LogP contribution in [-0.4, -0.2) is 58.2 Å². The van der Waals surface area contributed by atoms with Crippen LogP contribution < -0.4 is 0 Å². The zero-order valence-electron chi connectivity index (χ0n) is 19.7. The molecule has 0 radical (unpaired) electrons. The number of benzene rings is 3. The average Bonchev–Trinajstić information content (AvgIpc) is 3.35. The van der Waals surface area contributed by atoms with Crippen LogP contribution in [0.5, 0.6) is 0 Å². The molecule has 5 rings (SSSR count). The van der Waals surface area contributed by atoms with E-state index in [-0.39, 0.29) is 11.7 Å². The quantitative estimate of drug-likeness (QED) is 0.336. The van der Waals surface area contributed by atoms with E-state index >= 15 is 0 Å². The summed E-state index contributed by atoms with van der Waals surface area (Å²) in [6.45, 7) is 3.61. The Balaban J connectivity index is 1.33. The van der Waals surface area contributed by atoms with Crippen LogP contribution in [0, 0.1) is 5.82 Å². The molecule has 36 heavy (non-hydrogen) atoms. The van der Waals surface area contributed by atoms with E-state index in [1.807, 2.05) is 23.1 Å². The standard InChI is InChI=1S/C29H26ClFN4O/c30-23-12-14-24(15-13-23)35-28(21-27(32-35)25-10-4-5-11-26(25)31)29(36)34-19-17-33(18-20-34)16-6-9-22-7-2-1-3-8-22/h1-15,21H,16-20H2. The van der Waals surface area contributed by atoms with E-state index in [1.54, 1.807) is 53.2 Å². The number of amides is 1. The van der Waals surface area contributed by atoms with Crippen molar-refractivity contribution in [2.24, 2.45) is 0 Å². The monoisotopic (exact) mass is 500 g/mol. The summed E-state index contributed by atoms with van der Waals surface area (Å²) in [6, 6.07) is 25.4. The zero-order valence-corrected chi connectivity index (χ0v) is 20.5. The maximum absolute atomic E-state index is 14.5. The van der Waals surface area contributed by atoms with Gasteiger partial charge in [0, 0.05) is 43.3 Å². The minimum atomic E-state index is -0.380. The van der Waals surface area contributed by atoms with Crippen LogP contribution >= 0.6 is 11.6 Å². The van der Waals surface area contributed by atoms with E-state index in [9.17, 15) is 9.18 Å². The number of nitrogens with zero attached hydrogens (tertiary/aromatic N) is 4. The molecule has 1 aromatic heterocycles. The summed E-state index contributed by atoms with van der Waals surface area (Å²) < 4.78 is 16.1. The summed E-state index contributed by atoms with van der Waals surface area (Å²) in [7, 11) is 0. The third kappa shape index (κ3) is 5.40. The molecule has 1 fully saturated rings. The van der Waals surface area contributed by atoms with Gasteiger partial charge in [-0.1, -0.05) is 66.2 Å². The molecule has 3 aromatic carbocycles. The fourth-order valence-corrected chi connectivity index (χ4v) is 4.44. The van der Waals surface area contributed by atoms with Gasteiger partial charge in [0.2, 0.25) is 0 Å². The lowest BCUT2D eigenvalue weighted by molar-refractivity contribution is 0.0641. The Hall–Kier alpha value is -3.74. The molecule has 1 aliphatic heterocycles. The number of hydrogen-bond acceptors (Lipinski definition) is 3. The molecule has 0 N–H and O–H groups in total. The lowest BCUT2D eigenvalue weighted by Gasteiger charge is -2.34. The number of halogens is 2. The first-order valence-corrected chi connectivity index (χ1v) is 12.3. The molecular weight excluding hydrogens is 475 g/mol. The van der Waals surface area contributed by atoms with Crippen molar-refractivity contribution < 1.29 is 9.18 Å². The van der Waals surface area contributed by atoms with Gasteiger partial charge in [-0.25, -0.2) is 9.07 Å². The zero-order chi connectivity index (χ0) is 24.9. The molecule has 0 unspecified atom stereocenters. The SMILES string of the molecule is O=C(c1cc(-c2ccccc2F)nn1-c1ccc(Cl)cc1)N1CCN(CC=Cc2ccccc2)CC1. The Morgan fingerprint density at radius 2 is 1.61 bits per heavy atom. The van der Waals surface area contributed by atoms with Gasteiger partial charge in [-0.3, -0.25) is 9.69 Å². The van der Waals surface area contributed by atoms with Gasteiger partial charge < -0.3 is 4.90 Å². The second-order valence-corrected chi connectivity index (χ2v) is 9.13. The molecule has 1 aliphatic rings. The summed E-state index contributed by atoms with van der Waals surface area (Å²) in [5.41, 5.74) is 3.03. The molecule has 0 saturated carbocycles. The van der Waals surface area contributed by atoms with Gasteiger partial charge in [-0.05, 0) is 48.0 Å². The second-order valence-electron chi connectivity index (χ2n) is 8.69. The number of piperazine rings is 1. The van der Waals surface area contributed by atoms with Gasteiger partial charge in [-0.2, -0.15) is 5.10 Å². The number of carbonyl (C=O) groups is 1. The lowest BCUT2D eigenvalue weighted by Crippen LogP contribution is -2.49. The van der Waals surface area contributed by atoms with E-state index < -0.39 is 0 Å². The fraction of sp³-hybridized carbons (Fsp3) is 0.172. The van der Waals surface area contributed by atoms with Gasteiger partial charge >= 0.3 is 0 Å². The third-order valence-electron chi connectivity index (χ3n) is 6.28. The van der Waals surface area contributed by atoms with Crippen molar-refractivity contribution in [3.63, 3.8) is 0 Å². The summed E-state index contributed by atoms with van der Waals surface area (Å²) in [5, 5.41) is 5.20. The van der Waals surface area contributed by atoms with Crippen LogP contribution in [0.25, 0.3) is 23.0 Å².